The summed E-state index contributed by atoms with van der Waals surface area (Å²) in [6.45, 7) is 2.29. The highest BCUT2D eigenvalue weighted by Gasteiger charge is 2.30. The molecule has 0 spiro atoms. The maximum Gasteiger partial charge on any atom is 0.302 e. The molecule has 1 aliphatic heterocycles. The van der Waals surface area contributed by atoms with Crippen molar-refractivity contribution >= 4 is 34.3 Å². The molecule has 0 saturated carbocycles. The van der Waals surface area contributed by atoms with Crippen molar-refractivity contribution in [3.8, 4) is 11.5 Å². The number of aromatic nitrogens is 2. The monoisotopic (exact) mass is 491 g/mol. The van der Waals surface area contributed by atoms with E-state index in [0.717, 1.165) is 23.3 Å². The molecule has 3 aromatic rings. The number of rotatable bonds is 8. The Morgan fingerprint density at radius 3 is 2.66 bits per heavy atom. The molecule has 1 unspecified atom stereocenters. The molecular weight excluding hydrogens is 466 g/mol. The van der Waals surface area contributed by atoms with Crippen LogP contribution in [0, 0.1) is 0 Å². The molecule has 1 aromatic heterocycles. The Hall–Kier alpha value is -3.92. The van der Waals surface area contributed by atoms with Crippen LogP contribution in [0.2, 0.25) is 0 Å². The minimum Gasteiger partial charge on any atom is -0.493 e. The second kappa shape index (κ2) is 11.0. The molecule has 9 nitrogen and oxygen atoms in total. The maximum atomic E-state index is 12.9. The third kappa shape index (κ3) is 5.60. The molecule has 180 valence electrons. The van der Waals surface area contributed by atoms with Crippen molar-refractivity contribution in [3.05, 3.63) is 77.9 Å². The third-order valence-corrected chi connectivity index (χ3v) is 6.60. The van der Waals surface area contributed by atoms with E-state index in [2.05, 4.69) is 15.3 Å². The number of carbonyl (C=O) groups excluding carboxylic acids is 2. The van der Waals surface area contributed by atoms with Gasteiger partial charge in [-0.05, 0) is 42.3 Å². The van der Waals surface area contributed by atoms with Crippen molar-refractivity contribution in [1.82, 2.24) is 15.0 Å². The van der Waals surface area contributed by atoms with Crippen molar-refractivity contribution in [2.75, 3.05) is 19.5 Å². The van der Waals surface area contributed by atoms with Crippen LogP contribution < -0.4 is 14.8 Å². The van der Waals surface area contributed by atoms with Gasteiger partial charge in [-0.1, -0.05) is 30.8 Å². The lowest BCUT2D eigenvalue weighted by molar-refractivity contribution is 0.102. The van der Waals surface area contributed by atoms with Gasteiger partial charge in [0.05, 0.1) is 37.9 Å². The number of ether oxygens (including phenoxy) is 2. The van der Waals surface area contributed by atoms with Gasteiger partial charge < -0.3 is 14.8 Å². The molecule has 0 saturated heterocycles. The highest BCUT2D eigenvalue weighted by Crippen LogP contribution is 2.33. The summed E-state index contributed by atoms with van der Waals surface area (Å²) >= 11 is 1.25. The normalized spacial score (nSPS) is 15.4. The van der Waals surface area contributed by atoms with E-state index in [0.29, 0.717) is 17.2 Å². The largest absolute Gasteiger partial charge is 0.493 e. The molecule has 35 heavy (non-hydrogen) atoms. The lowest BCUT2D eigenvalue weighted by atomic mass is 10.0. The predicted molar refractivity (Wildman–Crippen MR) is 135 cm³/mol. The second-order valence-electron chi connectivity index (χ2n) is 7.64. The van der Waals surface area contributed by atoms with E-state index in [9.17, 15) is 9.59 Å². The van der Waals surface area contributed by atoms with Crippen molar-refractivity contribution < 1.29 is 19.1 Å². The van der Waals surface area contributed by atoms with Crippen LogP contribution in [0.3, 0.4) is 0 Å². The highest BCUT2D eigenvalue weighted by atomic mass is 32.2. The van der Waals surface area contributed by atoms with Crippen LogP contribution >= 0.6 is 11.8 Å². The van der Waals surface area contributed by atoms with Crippen LogP contribution in [-0.2, 0) is 6.54 Å². The van der Waals surface area contributed by atoms with E-state index in [1.54, 1.807) is 20.3 Å². The maximum absolute atomic E-state index is 12.9. The quantitative estimate of drug-likeness (QED) is 0.491. The average molecular weight is 492 g/mol. The number of methoxy groups -OCH3 is 2. The third-order valence-electron chi connectivity index (χ3n) is 5.35. The number of thioether (sulfide) groups is 1. The van der Waals surface area contributed by atoms with Crippen molar-refractivity contribution in [3.63, 3.8) is 0 Å². The van der Waals surface area contributed by atoms with Crippen LogP contribution in [0.25, 0.3) is 0 Å². The summed E-state index contributed by atoms with van der Waals surface area (Å²) in [7, 11) is 3.17. The standard InChI is InChI=1S/C25H25N5O4S/c1-4-22-23(17-8-9-20(33-2)21(13-17)34-3)29-30(25(32)35-22)15-16-6-5-7-18(12-16)28-24(31)19-14-26-10-11-27-19/h5-14,22H,4,15H2,1-3H3,(H,28,31). The van der Waals surface area contributed by atoms with Gasteiger partial charge in [0.25, 0.3) is 5.91 Å². The summed E-state index contributed by atoms with van der Waals surface area (Å²) in [6.07, 6.45) is 5.12. The number of nitrogens with zero attached hydrogens (tertiary/aromatic N) is 4. The SMILES string of the molecule is CCC1SC(=O)N(Cc2cccc(NC(=O)c3cnccn3)c2)N=C1c1ccc(OC)c(OC)c1. The predicted octanol–water partition coefficient (Wildman–Crippen LogP) is 4.60. The average Bonchev–Trinajstić information content (AvgIpc) is 2.89. The first-order chi connectivity index (χ1) is 17.0. The highest BCUT2D eigenvalue weighted by molar-refractivity contribution is 8.14. The molecule has 2 amide bonds. The van der Waals surface area contributed by atoms with Gasteiger partial charge in [-0.3, -0.25) is 14.6 Å². The molecule has 1 atom stereocenters. The molecule has 4 rings (SSSR count). The van der Waals surface area contributed by atoms with Crippen LogP contribution in [0.15, 0.2) is 66.2 Å². The lowest BCUT2D eigenvalue weighted by Crippen LogP contribution is -2.34. The summed E-state index contributed by atoms with van der Waals surface area (Å²) in [6, 6.07) is 12.9. The first kappa shape index (κ1) is 24.2. The van der Waals surface area contributed by atoms with Gasteiger partial charge in [0.2, 0.25) is 0 Å². The first-order valence-electron chi connectivity index (χ1n) is 11.0. The smallest absolute Gasteiger partial charge is 0.302 e. The molecule has 2 heterocycles. The van der Waals surface area contributed by atoms with Gasteiger partial charge in [-0.2, -0.15) is 5.10 Å². The van der Waals surface area contributed by atoms with Gasteiger partial charge in [-0.15, -0.1) is 0 Å². The number of carbonyl (C=O) groups is 2. The van der Waals surface area contributed by atoms with Crippen molar-refractivity contribution in [2.24, 2.45) is 5.10 Å². The molecule has 1 N–H and O–H groups in total. The topological polar surface area (TPSA) is 106 Å². The fourth-order valence-electron chi connectivity index (χ4n) is 3.62. The Morgan fingerprint density at radius 2 is 1.94 bits per heavy atom. The van der Waals surface area contributed by atoms with Crippen LogP contribution in [0.1, 0.15) is 35.0 Å². The lowest BCUT2D eigenvalue weighted by Gasteiger charge is -2.28. The zero-order chi connectivity index (χ0) is 24.8. The van der Waals surface area contributed by atoms with Crippen LogP contribution in [0.4, 0.5) is 10.5 Å². The van der Waals surface area contributed by atoms with E-state index in [-0.39, 0.29) is 28.6 Å². The Bertz CT molecular complexity index is 1250. The zero-order valence-corrected chi connectivity index (χ0v) is 20.4. The second-order valence-corrected chi connectivity index (χ2v) is 8.79. The first-order valence-corrected chi connectivity index (χ1v) is 11.9. The van der Waals surface area contributed by atoms with E-state index >= 15 is 0 Å². The van der Waals surface area contributed by atoms with Crippen molar-refractivity contribution in [1.29, 1.82) is 0 Å². The van der Waals surface area contributed by atoms with Gasteiger partial charge in [0, 0.05) is 23.6 Å². The fourth-order valence-corrected chi connectivity index (χ4v) is 4.55. The molecule has 0 fully saturated rings. The molecule has 2 aromatic carbocycles. The zero-order valence-electron chi connectivity index (χ0n) is 19.6. The van der Waals surface area contributed by atoms with E-state index in [4.69, 9.17) is 14.6 Å². The van der Waals surface area contributed by atoms with Crippen LogP contribution in [0.5, 0.6) is 11.5 Å². The Morgan fingerprint density at radius 1 is 1.11 bits per heavy atom. The molecule has 1 aliphatic rings. The van der Waals surface area contributed by atoms with Crippen molar-refractivity contribution in [2.45, 2.75) is 25.1 Å². The number of benzene rings is 2. The number of anilines is 1. The van der Waals surface area contributed by atoms with Gasteiger partial charge in [0.1, 0.15) is 5.69 Å². The number of nitrogens with one attached hydrogen (secondary N) is 1. The molecule has 0 bridgehead atoms. The minimum atomic E-state index is -0.362. The Labute approximate surface area is 207 Å². The number of hydrogen-bond donors (Lipinski definition) is 1. The number of hydrogen-bond acceptors (Lipinski definition) is 8. The minimum absolute atomic E-state index is 0.0746. The van der Waals surface area contributed by atoms with E-state index < -0.39 is 0 Å². The summed E-state index contributed by atoms with van der Waals surface area (Å²) < 4.78 is 10.8. The molecule has 0 radical (unpaired) electrons. The summed E-state index contributed by atoms with van der Waals surface area (Å²) in [5.41, 5.74) is 3.29. The number of hydrazone groups is 1. The van der Waals surface area contributed by atoms with Gasteiger partial charge in [-0.25, -0.2) is 9.99 Å². The van der Waals surface area contributed by atoms with Crippen LogP contribution in [-0.4, -0.2) is 51.3 Å². The summed E-state index contributed by atoms with van der Waals surface area (Å²) in [5.74, 6) is 0.864. The summed E-state index contributed by atoms with van der Waals surface area (Å²) in [5, 5.41) is 8.78. The van der Waals surface area contributed by atoms with E-state index in [1.807, 2.05) is 43.3 Å². The van der Waals surface area contributed by atoms with E-state index in [1.165, 1.54) is 35.4 Å². The Balaban J connectivity index is 1.57. The fraction of sp³-hybridized carbons (Fsp3) is 0.240. The van der Waals surface area contributed by atoms with Gasteiger partial charge >= 0.3 is 5.24 Å². The van der Waals surface area contributed by atoms with Gasteiger partial charge in [0.15, 0.2) is 11.5 Å². The Kier molecular flexibility index (Phi) is 7.61. The molecule has 10 heteroatoms. The summed E-state index contributed by atoms with van der Waals surface area (Å²) in [4.78, 5) is 33.2. The molecular formula is C25H25N5O4S. The molecule has 0 aliphatic carbocycles. The number of amides is 2.